The Balaban J connectivity index is 2.61. The first-order chi connectivity index (χ1) is 8.81. The van der Waals surface area contributed by atoms with Gasteiger partial charge in [-0.25, -0.2) is 4.79 Å². The number of fused-ring (bicyclic) bond motifs is 1. The minimum Gasteiger partial charge on any atom is -0.507 e. The molecule has 1 atom stereocenters. The molecule has 1 N–H and O–H groups in total. The Morgan fingerprint density at radius 3 is 2.47 bits per heavy atom. The van der Waals surface area contributed by atoms with Gasteiger partial charge in [0.1, 0.15) is 23.7 Å². The zero-order valence-electron chi connectivity index (χ0n) is 12.0. The minimum atomic E-state index is -0.477. The van der Waals surface area contributed by atoms with Gasteiger partial charge in [0.15, 0.2) is 0 Å². The van der Waals surface area contributed by atoms with Gasteiger partial charge in [-0.2, -0.15) is 0 Å². The van der Waals surface area contributed by atoms with Crippen molar-refractivity contribution in [2.24, 2.45) is 0 Å². The quantitative estimate of drug-likeness (QED) is 0.911. The van der Waals surface area contributed by atoms with E-state index in [2.05, 4.69) is 0 Å². The van der Waals surface area contributed by atoms with Crippen LogP contribution in [0.2, 0.25) is 0 Å². The van der Waals surface area contributed by atoms with E-state index in [4.69, 9.17) is 9.47 Å². The lowest BCUT2D eigenvalue weighted by Gasteiger charge is -2.25. The van der Waals surface area contributed by atoms with Crippen LogP contribution in [0.4, 0.5) is 0 Å². The summed E-state index contributed by atoms with van der Waals surface area (Å²) in [4.78, 5) is 10.3. The van der Waals surface area contributed by atoms with Crippen molar-refractivity contribution in [1.82, 2.24) is 0 Å². The lowest BCUT2D eigenvalue weighted by molar-refractivity contribution is 0.0827. The molecular weight excluding hydrogens is 244 g/mol. The highest BCUT2D eigenvalue weighted by Crippen LogP contribution is 2.51. The highest BCUT2D eigenvalue weighted by molar-refractivity contribution is 5.61. The van der Waals surface area contributed by atoms with E-state index >= 15 is 0 Å². The van der Waals surface area contributed by atoms with Gasteiger partial charge in [0.05, 0.1) is 5.92 Å². The largest absolute Gasteiger partial charge is 0.507 e. The summed E-state index contributed by atoms with van der Waals surface area (Å²) in [6, 6.07) is 0. The molecule has 1 aromatic carbocycles. The number of carbonyl (C=O) groups excluding carboxylic acids is 1. The van der Waals surface area contributed by atoms with Gasteiger partial charge in [0.2, 0.25) is 0 Å². The van der Waals surface area contributed by atoms with Crippen LogP contribution in [-0.2, 0) is 9.53 Å². The Bertz CT molecular complexity index is 532. The van der Waals surface area contributed by atoms with Crippen LogP contribution in [0.1, 0.15) is 42.0 Å². The van der Waals surface area contributed by atoms with Crippen molar-refractivity contribution in [3.05, 3.63) is 22.3 Å². The number of ether oxygens (including phenoxy) is 2. The van der Waals surface area contributed by atoms with Crippen molar-refractivity contribution in [3.8, 4) is 11.5 Å². The highest BCUT2D eigenvalue weighted by Gasteiger charge is 2.44. The molecule has 103 valence electrons. The molecule has 0 bridgehead atoms. The third kappa shape index (κ3) is 1.95. The molecule has 0 fully saturated rings. The molecular formula is C15H19O4. The zero-order valence-corrected chi connectivity index (χ0v) is 12.0. The fraction of sp³-hybridized carbons (Fsp3) is 0.533. The maximum Gasteiger partial charge on any atom is 0.417 e. The third-order valence-electron chi connectivity index (χ3n) is 4.12. The monoisotopic (exact) mass is 263 g/mol. The van der Waals surface area contributed by atoms with E-state index in [1.54, 1.807) is 0 Å². The summed E-state index contributed by atoms with van der Waals surface area (Å²) in [5.74, 6) is 0.990. The Morgan fingerprint density at radius 1 is 1.26 bits per heavy atom. The van der Waals surface area contributed by atoms with Crippen LogP contribution in [-0.4, -0.2) is 23.8 Å². The molecule has 0 aromatic heterocycles. The van der Waals surface area contributed by atoms with Crippen LogP contribution in [0.3, 0.4) is 0 Å². The van der Waals surface area contributed by atoms with Crippen LogP contribution in [0, 0.1) is 20.8 Å². The maximum absolute atomic E-state index is 10.3. The molecule has 0 unspecified atom stereocenters. The maximum atomic E-state index is 10.3. The van der Waals surface area contributed by atoms with E-state index in [0.29, 0.717) is 0 Å². The summed E-state index contributed by atoms with van der Waals surface area (Å²) in [6.07, 6.45) is 0. The molecule has 0 aliphatic carbocycles. The lowest BCUT2D eigenvalue weighted by atomic mass is 9.83. The van der Waals surface area contributed by atoms with Gasteiger partial charge in [-0.3, -0.25) is 0 Å². The van der Waals surface area contributed by atoms with E-state index in [0.717, 1.165) is 28.0 Å². The molecule has 1 radical (unpaired) electrons. The van der Waals surface area contributed by atoms with Crippen molar-refractivity contribution in [1.29, 1.82) is 0 Å². The number of benzene rings is 1. The van der Waals surface area contributed by atoms with Crippen LogP contribution in [0.15, 0.2) is 0 Å². The summed E-state index contributed by atoms with van der Waals surface area (Å²) < 4.78 is 10.8. The Hall–Kier alpha value is -1.71. The zero-order chi connectivity index (χ0) is 14.4. The van der Waals surface area contributed by atoms with Crippen LogP contribution in [0.25, 0.3) is 0 Å². The molecule has 0 spiro atoms. The number of aromatic hydroxyl groups is 1. The topological polar surface area (TPSA) is 55.8 Å². The number of phenolic OH excluding ortho intramolecular Hbond substituents is 1. The van der Waals surface area contributed by atoms with Gasteiger partial charge in [-0.05, 0) is 51.3 Å². The van der Waals surface area contributed by atoms with Gasteiger partial charge in [-0.15, -0.1) is 0 Å². The minimum absolute atomic E-state index is 0.103. The fourth-order valence-electron chi connectivity index (χ4n) is 2.76. The molecule has 0 saturated carbocycles. The first-order valence-corrected chi connectivity index (χ1v) is 6.31. The SMILES string of the molecule is Cc1c(C)c2c(c(C)c1O)[C@@H](CO[C]=O)C(C)(C)O2. The van der Waals surface area contributed by atoms with Crippen molar-refractivity contribution in [3.63, 3.8) is 0 Å². The molecule has 19 heavy (non-hydrogen) atoms. The summed E-state index contributed by atoms with van der Waals surface area (Å²) in [7, 11) is 0. The van der Waals surface area contributed by atoms with Crippen molar-refractivity contribution >= 4 is 6.47 Å². The van der Waals surface area contributed by atoms with E-state index in [1.165, 1.54) is 6.47 Å². The predicted octanol–water partition coefficient (Wildman–Crippen LogP) is 2.66. The average molecular weight is 263 g/mol. The molecule has 4 heteroatoms. The first-order valence-electron chi connectivity index (χ1n) is 6.31. The molecule has 0 amide bonds. The number of phenols is 1. The smallest absolute Gasteiger partial charge is 0.417 e. The summed E-state index contributed by atoms with van der Waals surface area (Å²) >= 11 is 0. The van der Waals surface area contributed by atoms with Crippen LogP contribution in [0.5, 0.6) is 11.5 Å². The van der Waals surface area contributed by atoms with Gasteiger partial charge in [0.25, 0.3) is 0 Å². The molecule has 1 aliphatic heterocycles. The number of rotatable bonds is 3. The predicted molar refractivity (Wildman–Crippen MR) is 71.4 cm³/mol. The second kappa shape index (κ2) is 4.44. The van der Waals surface area contributed by atoms with Crippen molar-refractivity contribution < 1.29 is 19.4 Å². The molecule has 2 rings (SSSR count). The average Bonchev–Trinajstić information content (AvgIpc) is 2.63. The second-order valence-electron chi connectivity index (χ2n) is 5.62. The van der Waals surface area contributed by atoms with Crippen LogP contribution < -0.4 is 4.74 Å². The first kappa shape index (κ1) is 13.7. The summed E-state index contributed by atoms with van der Waals surface area (Å²) in [6.45, 7) is 11.2. The van der Waals surface area contributed by atoms with Gasteiger partial charge >= 0.3 is 6.47 Å². The molecule has 0 saturated heterocycles. The van der Waals surface area contributed by atoms with Crippen LogP contribution >= 0.6 is 0 Å². The van der Waals surface area contributed by atoms with E-state index in [-0.39, 0.29) is 18.3 Å². The fourth-order valence-corrected chi connectivity index (χ4v) is 2.76. The Morgan fingerprint density at radius 2 is 1.89 bits per heavy atom. The van der Waals surface area contributed by atoms with E-state index in [1.807, 2.05) is 34.6 Å². The summed E-state index contributed by atoms with van der Waals surface area (Å²) in [5, 5.41) is 10.2. The van der Waals surface area contributed by atoms with Gasteiger partial charge in [0, 0.05) is 5.56 Å². The van der Waals surface area contributed by atoms with Crippen molar-refractivity contribution in [2.45, 2.75) is 46.1 Å². The number of hydrogen-bond donors (Lipinski definition) is 1. The van der Waals surface area contributed by atoms with E-state index in [9.17, 15) is 9.90 Å². The number of hydrogen-bond acceptors (Lipinski definition) is 4. The normalized spacial score (nSPS) is 19.7. The van der Waals surface area contributed by atoms with Gasteiger partial charge in [-0.1, -0.05) is 0 Å². The lowest BCUT2D eigenvalue weighted by Crippen LogP contribution is -2.33. The molecule has 4 nitrogen and oxygen atoms in total. The Labute approximate surface area is 113 Å². The molecule has 1 aliphatic rings. The standard InChI is InChI=1S/C15H19O4/c1-8-9(2)14-12(10(3)13(8)17)11(6-18-7-16)15(4,5)19-14/h11,17H,6H2,1-5H3/t11-/m1/s1. The summed E-state index contributed by atoms with van der Waals surface area (Å²) in [5.41, 5.74) is 3.01. The second-order valence-corrected chi connectivity index (χ2v) is 5.62. The third-order valence-corrected chi connectivity index (χ3v) is 4.12. The van der Waals surface area contributed by atoms with Gasteiger partial charge < -0.3 is 14.6 Å². The molecule has 1 heterocycles. The van der Waals surface area contributed by atoms with E-state index < -0.39 is 5.60 Å². The molecule has 1 aromatic rings. The Kier molecular flexibility index (Phi) is 3.20. The highest BCUT2D eigenvalue weighted by atomic mass is 16.5. The van der Waals surface area contributed by atoms with Crippen molar-refractivity contribution in [2.75, 3.05) is 6.61 Å².